The highest BCUT2D eigenvalue weighted by Crippen LogP contribution is 2.18. The minimum atomic E-state index is 0.255. The highest BCUT2D eigenvalue weighted by Gasteiger charge is 2.11. The average molecular weight is 235 g/mol. The lowest BCUT2D eigenvalue weighted by Gasteiger charge is -2.22. The molecule has 1 aromatic carbocycles. The van der Waals surface area contributed by atoms with E-state index in [9.17, 15) is 0 Å². The van der Waals surface area contributed by atoms with Crippen molar-refractivity contribution in [3.63, 3.8) is 0 Å². The normalized spacial score (nSPS) is 14.6. The number of benzene rings is 1. The molecule has 0 spiro atoms. The van der Waals surface area contributed by atoms with Crippen LogP contribution in [0.1, 0.15) is 49.4 Å². The minimum Gasteiger partial charge on any atom is -0.396 e. The Kier molecular flexibility index (Phi) is 5.66. The summed E-state index contributed by atoms with van der Waals surface area (Å²) in [6, 6.07) is 7.40. The fourth-order valence-corrected chi connectivity index (χ4v) is 2.27. The van der Waals surface area contributed by atoms with Crippen LogP contribution in [-0.2, 0) is 0 Å². The van der Waals surface area contributed by atoms with Crippen LogP contribution in [0.25, 0.3) is 0 Å². The monoisotopic (exact) mass is 235 g/mol. The summed E-state index contributed by atoms with van der Waals surface area (Å²) in [6.45, 7) is 8.86. The summed E-state index contributed by atoms with van der Waals surface area (Å²) in [4.78, 5) is 0. The summed E-state index contributed by atoms with van der Waals surface area (Å²) in [5.74, 6) is 0. The molecular weight excluding hydrogens is 210 g/mol. The fourth-order valence-electron chi connectivity index (χ4n) is 2.27. The van der Waals surface area contributed by atoms with E-state index in [2.05, 4.69) is 51.2 Å². The van der Waals surface area contributed by atoms with Crippen LogP contribution in [0, 0.1) is 13.8 Å². The standard InChI is InChI=1S/C15H25NO/c1-5-15(6-7-17)16-13(4)14-9-11(2)8-12(3)10-14/h8-10,13,15-17H,5-7H2,1-4H3. The lowest BCUT2D eigenvalue weighted by molar-refractivity contribution is 0.257. The van der Waals surface area contributed by atoms with Crippen molar-refractivity contribution in [3.05, 3.63) is 34.9 Å². The van der Waals surface area contributed by atoms with Crippen LogP contribution in [-0.4, -0.2) is 17.8 Å². The van der Waals surface area contributed by atoms with Gasteiger partial charge in [-0.25, -0.2) is 0 Å². The largest absolute Gasteiger partial charge is 0.396 e. The Morgan fingerprint density at radius 1 is 1.18 bits per heavy atom. The molecule has 0 saturated carbocycles. The van der Waals surface area contributed by atoms with Gasteiger partial charge in [-0.2, -0.15) is 0 Å². The van der Waals surface area contributed by atoms with E-state index in [1.165, 1.54) is 16.7 Å². The van der Waals surface area contributed by atoms with Gasteiger partial charge in [0.05, 0.1) is 0 Å². The van der Waals surface area contributed by atoms with Crippen molar-refractivity contribution in [1.82, 2.24) is 5.32 Å². The summed E-state index contributed by atoms with van der Waals surface area (Å²) in [5.41, 5.74) is 3.95. The maximum Gasteiger partial charge on any atom is 0.0445 e. The van der Waals surface area contributed by atoms with E-state index in [4.69, 9.17) is 5.11 Å². The first-order valence-electron chi connectivity index (χ1n) is 6.52. The molecule has 0 amide bonds. The number of aliphatic hydroxyl groups is 1. The Labute approximate surface area is 105 Å². The van der Waals surface area contributed by atoms with Gasteiger partial charge in [-0.3, -0.25) is 0 Å². The maximum absolute atomic E-state index is 9.00. The van der Waals surface area contributed by atoms with Crippen molar-refractivity contribution in [2.45, 2.75) is 52.6 Å². The number of nitrogens with one attached hydrogen (secondary N) is 1. The van der Waals surface area contributed by atoms with Gasteiger partial charge in [0.15, 0.2) is 0 Å². The van der Waals surface area contributed by atoms with Crippen molar-refractivity contribution in [1.29, 1.82) is 0 Å². The SMILES string of the molecule is CCC(CCO)NC(C)c1cc(C)cc(C)c1. The van der Waals surface area contributed by atoms with Crippen LogP contribution in [0.5, 0.6) is 0 Å². The maximum atomic E-state index is 9.00. The molecule has 2 N–H and O–H groups in total. The quantitative estimate of drug-likeness (QED) is 0.794. The van der Waals surface area contributed by atoms with Gasteiger partial charge >= 0.3 is 0 Å². The van der Waals surface area contributed by atoms with Crippen molar-refractivity contribution in [2.24, 2.45) is 0 Å². The van der Waals surface area contributed by atoms with Crippen LogP contribution >= 0.6 is 0 Å². The number of rotatable bonds is 6. The van der Waals surface area contributed by atoms with E-state index < -0.39 is 0 Å². The zero-order valence-corrected chi connectivity index (χ0v) is 11.5. The van der Waals surface area contributed by atoms with Crippen LogP contribution in [0.3, 0.4) is 0 Å². The third kappa shape index (κ3) is 4.49. The van der Waals surface area contributed by atoms with Crippen molar-refractivity contribution in [2.75, 3.05) is 6.61 Å². The smallest absolute Gasteiger partial charge is 0.0445 e. The molecule has 0 aliphatic rings. The van der Waals surface area contributed by atoms with E-state index in [1.807, 2.05) is 0 Å². The van der Waals surface area contributed by atoms with Gasteiger partial charge < -0.3 is 10.4 Å². The van der Waals surface area contributed by atoms with E-state index in [0.717, 1.165) is 12.8 Å². The lowest BCUT2D eigenvalue weighted by atomic mass is 10.0. The summed E-state index contributed by atoms with van der Waals surface area (Å²) in [5, 5.41) is 12.6. The average Bonchev–Trinajstić information content (AvgIpc) is 2.27. The zero-order chi connectivity index (χ0) is 12.8. The van der Waals surface area contributed by atoms with Gasteiger partial charge in [-0.1, -0.05) is 36.2 Å². The molecule has 17 heavy (non-hydrogen) atoms. The van der Waals surface area contributed by atoms with Crippen LogP contribution in [0.4, 0.5) is 0 Å². The predicted molar refractivity (Wildman–Crippen MR) is 73.2 cm³/mol. The molecule has 0 aromatic heterocycles. The van der Waals surface area contributed by atoms with E-state index >= 15 is 0 Å². The van der Waals surface area contributed by atoms with Crippen LogP contribution in [0.15, 0.2) is 18.2 Å². The molecular formula is C15H25NO. The highest BCUT2D eigenvalue weighted by atomic mass is 16.3. The molecule has 0 bridgehead atoms. The summed E-state index contributed by atoms with van der Waals surface area (Å²) < 4.78 is 0. The summed E-state index contributed by atoms with van der Waals surface area (Å²) in [6.07, 6.45) is 1.88. The summed E-state index contributed by atoms with van der Waals surface area (Å²) >= 11 is 0. The van der Waals surface area contributed by atoms with Gasteiger partial charge in [-0.05, 0) is 39.2 Å². The van der Waals surface area contributed by atoms with Crippen molar-refractivity contribution < 1.29 is 5.11 Å². The zero-order valence-electron chi connectivity index (χ0n) is 11.5. The Morgan fingerprint density at radius 3 is 2.24 bits per heavy atom. The molecule has 1 rings (SSSR count). The molecule has 2 nitrogen and oxygen atoms in total. The third-order valence-corrected chi connectivity index (χ3v) is 3.20. The minimum absolute atomic E-state index is 0.255. The second kappa shape index (κ2) is 6.77. The van der Waals surface area contributed by atoms with Gasteiger partial charge in [0.2, 0.25) is 0 Å². The second-order valence-corrected chi connectivity index (χ2v) is 4.93. The fraction of sp³-hybridized carbons (Fsp3) is 0.600. The molecule has 0 aliphatic carbocycles. The van der Waals surface area contributed by atoms with Crippen molar-refractivity contribution in [3.8, 4) is 0 Å². The second-order valence-electron chi connectivity index (χ2n) is 4.93. The Morgan fingerprint density at radius 2 is 1.76 bits per heavy atom. The van der Waals surface area contributed by atoms with E-state index in [1.54, 1.807) is 0 Å². The van der Waals surface area contributed by atoms with Gasteiger partial charge in [0.1, 0.15) is 0 Å². The molecule has 0 saturated heterocycles. The van der Waals surface area contributed by atoms with Gasteiger partial charge in [-0.15, -0.1) is 0 Å². The van der Waals surface area contributed by atoms with Gasteiger partial charge in [0, 0.05) is 18.7 Å². The first kappa shape index (κ1) is 14.2. The Bertz CT molecular complexity index is 329. The number of hydrogen-bond donors (Lipinski definition) is 2. The third-order valence-electron chi connectivity index (χ3n) is 3.20. The van der Waals surface area contributed by atoms with Crippen LogP contribution < -0.4 is 5.32 Å². The van der Waals surface area contributed by atoms with E-state index in [0.29, 0.717) is 12.1 Å². The summed E-state index contributed by atoms with van der Waals surface area (Å²) in [7, 11) is 0. The van der Waals surface area contributed by atoms with E-state index in [-0.39, 0.29) is 6.61 Å². The molecule has 0 aliphatic heterocycles. The Balaban J connectivity index is 2.71. The molecule has 1 aromatic rings. The molecule has 2 heteroatoms. The van der Waals surface area contributed by atoms with Crippen LogP contribution in [0.2, 0.25) is 0 Å². The Hall–Kier alpha value is -0.860. The number of aryl methyl sites for hydroxylation is 2. The first-order valence-corrected chi connectivity index (χ1v) is 6.52. The topological polar surface area (TPSA) is 32.3 Å². The van der Waals surface area contributed by atoms with Gasteiger partial charge in [0.25, 0.3) is 0 Å². The predicted octanol–water partition coefficient (Wildman–Crippen LogP) is 3.12. The lowest BCUT2D eigenvalue weighted by Crippen LogP contribution is -2.31. The molecule has 0 heterocycles. The highest BCUT2D eigenvalue weighted by molar-refractivity contribution is 5.30. The molecule has 2 atom stereocenters. The number of aliphatic hydroxyl groups excluding tert-OH is 1. The molecule has 0 fully saturated rings. The first-order chi connectivity index (χ1) is 8.06. The molecule has 96 valence electrons. The molecule has 0 radical (unpaired) electrons. The molecule has 2 unspecified atom stereocenters. The number of hydrogen-bond acceptors (Lipinski definition) is 2. The van der Waals surface area contributed by atoms with Crippen molar-refractivity contribution >= 4 is 0 Å².